The number of rotatable bonds is 4. The van der Waals surface area contributed by atoms with Crippen molar-refractivity contribution >= 4 is 34.4 Å². The lowest BCUT2D eigenvalue weighted by Crippen LogP contribution is -2.50. The van der Waals surface area contributed by atoms with Gasteiger partial charge in [0, 0.05) is 17.0 Å². The first kappa shape index (κ1) is 14.9. The van der Waals surface area contributed by atoms with Gasteiger partial charge in [0.25, 0.3) is 5.91 Å². The number of amides is 1. The van der Waals surface area contributed by atoms with Crippen molar-refractivity contribution in [3.05, 3.63) is 35.0 Å². The Balaban J connectivity index is 1.83. The minimum atomic E-state index is -0.984. The number of carbonyl (C=O) groups excluding carboxylic acids is 1. The van der Waals surface area contributed by atoms with E-state index >= 15 is 0 Å². The average molecular weight is 324 g/mol. The monoisotopic (exact) mass is 323 g/mol. The molecule has 7 heteroatoms. The van der Waals surface area contributed by atoms with Crippen LogP contribution in [0.15, 0.2) is 28.7 Å². The van der Waals surface area contributed by atoms with Crippen molar-refractivity contribution in [2.75, 3.05) is 13.2 Å². The van der Waals surface area contributed by atoms with Crippen LogP contribution in [0.3, 0.4) is 0 Å². The van der Waals surface area contributed by atoms with Crippen LogP contribution in [0.5, 0.6) is 0 Å². The highest BCUT2D eigenvalue weighted by Gasteiger charge is 2.39. The summed E-state index contributed by atoms with van der Waals surface area (Å²) in [6.07, 6.45) is 0.266. The molecule has 1 atom stereocenters. The molecule has 0 saturated carbocycles. The number of furan rings is 1. The first-order valence-electron chi connectivity index (χ1n) is 6.79. The number of halogens is 1. The molecule has 116 valence electrons. The fourth-order valence-corrected chi connectivity index (χ4v) is 2.79. The normalized spacial score (nSPS) is 21.1. The molecule has 1 fully saturated rings. The van der Waals surface area contributed by atoms with E-state index in [2.05, 4.69) is 5.32 Å². The molecule has 1 aromatic heterocycles. The summed E-state index contributed by atoms with van der Waals surface area (Å²) in [7, 11) is 0. The number of carboxylic acids is 1. The number of hydrogen-bond acceptors (Lipinski definition) is 4. The first-order chi connectivity index (χ1) is 10.5. The van der Waals surface area contributed by atoms with Gasteiger partial charge >= 0.3 is 5.97 Å². The van der Waals surface area contributed by atoms with Gasteiger partial charge in [0.2, 0.25) is 0 Å². The van der Waals surface area contributed by atoms with E-state index in [1.54, 1.807) is 24.3 Å². The van der Waals surface area contributed by atoms with E-state index in [0.717, 1.165) is 0 Å². The van der Waals surface area contributed by atoms with E-state index in [9.17, 15) is 9.59 Å². The molecular formula is C15H14ClNO5. The summed E-state index contributed by atoms with van der Waals surface area (Å²) in [6.45, 7) is 0.598. The minimum absolute atomic E-state index is 0.119. The topological polar surface area (TPSA) is 88.8 Å². The molecule has 1 aromatic carbocycles. The molecule has 1 aliphatic rings. The number of nitrogens with one attached hydrogen (secondary N) is 1. The Morgan fingerprint density at radius 1 is 1.36 bits per heavy atom. The van der Waals surface area contributed by atoms with Crippen LogP contribution in [0.25, 0.3) is 11.0 Å². The zero-order valence-electron chi connectivity index (χ0n) is 11.6. The summed E-state index contributed by atoms with van der Waals surface area (Å²) in [5.74, 6) is -1.32. The number of carboxylic acid groups (broad SMARTS) is 1. The maximum absolute atomic E-state index is 12.4. The van der Waals surface area contributed by atoms with Gasteiger partial charge in [-0.1, -0.05) is 11.6 Å². The van der Waals surface area contributed by atoms with Gasteiger partial charge in [-0.3, -0.25) is 9.59 Å². The maximum Gasteiger partial charge on any atom is 0.305 e. The Bertz CT molecular complexity index is 733. The fourth-order valence-electron chi connectivity index (χ4n) is 2.61. The molecule has 6 nitrogen and oxygen atoms in total. The molecule has 2 aromatic rings. The Morgan fingerprint density at radius 2 is 2.18 bits per heavy atom. The summed E-state index contributed by atoms with van der Waals surface area (Å²) in [6, 6.07) is 6.63. The fraction of sp³-hybridized carbons (Fsp3) is 0.333. The van der Waals surface area contributed by atoms with Crippen molar-refractivity contribution in [2.24, 2.45) is 0 Å². The number of aliphatic carboxylic acids is 1. The Kier molecular flexibility index (Phi) is 3.80. The average Bonchev–Trinajstić information content (AvgIpc) is 3.04. The Morgan fingerprint density at radius 3 is 2.86 bits per heavy atom. The summed E-state index contributed by atoms with van der Waals surface area (Å²) in [5, 5.41) is 13.0. The van der Waals surface area contributed by atoms with E-state index in [1.807, 2.05) is 0 Å². The van der Waals surface area contributed by atoms with Crippen molar-refractivity contribution in [1.82, 2.24) is 5.32 Å². The maximum atomic E-state index is 12.4. The third-order valence-electron chi connectivity index (χ3n) is 3.67. The summed E-state index contributed by atoms with van der Waals surface area (Å²) < 4.78 is 10.7. The van der Waals surface area contributed by atoms with Crippen LogP contribution in [-0.2, 0) is 9.53 Å². The predicted molar refractivity (Wildman–Crippen MR) is 79.1 cm³/mol. The highest BCUT2D eigenvalue weighted by atomic mass is 35.5. The lowest BCUT2D eigenvalue weighted by atomic mass is 9.94. The van der Waals surface area contributed by atoms with Gasteiger partial charge in [-0.25, -0.2) is 0 Å². The van der Waals surface area contributed by atoms with Gasteiger partial charge in [0.15, 0.2) is 5.76 Å². The molecule has 0 aliphatic carbocycles. The van der Waals surface area contributed by atoms with E-state index in [0.29, 0.717) is 29.0 Å². The van der Waals surface area contributed by atoms with Gasteiger partial charge in [-0.05, 0) is 30.7 Å². The smallest absolute Gasteiger partial charge is 0.305 e. The van der Waals surface area contributed by atoms with Gasteiger partial charge in [-0.2, -0.15) is 0 Å². The molecule has 2 heterocycles. The molecule has 2 N–H and O–H groups in total. The second-order valence-corrected chi connectivity index (χ2v) is 5.84. The zero-order chi connectivity index (χ0) is 15.7. The molecular weight excluding hydrogens is 310 g/mol. The Labute approximate surface area is 131 Å². The molecule has 3 rings (SSSR count). The lowest BCUT2D eigenvalue weighted by molar-refractivity contribution is -0.138. The summed E-state index contributed by atoms with van der Waals surface area (Å²) >= 11 is 5.90. The molecule has 1 amide bonds. The SMILES string of the molecule is O=C(O)CC1(NC(=O)c2cc3cc(Cl)ccc3o2)CCOC1. The van der Waals surface area contributed by atoms with Crippen LogP contribution < -0.4 is 5.32 Å². The number of fused-ring (bicyclic) bond motifs is 1. The molecule has 0 spiro atoms. The number of benzene rings is 1. The van der Waals surface area contributed by atoms with Crippen molar-refractivity contribution in [1.29, 1.82) is 0 Å². The second-order valence-electron chi connectivity index (χ2n) is 5.40. The molecule has 22 heavy (non-hydrogen) atoms. The third kappa shape index (κ3) is 2.93. The van der Waals surface area contributed by atoms with Crippen LogP contribution in [0.1, 0.15) is 23.4 Å². The van der Waals surface area contributed by atoms with Gasteiger partial charge in [-0.15, -0.1) is 0 Å². The number of carbonyl (C=O) groups is 2. The summed E-state index contributed by atoms with van der Waals surface area (Å²) in [5.41, 5.74) is -0.344. The third-order valence-corrected chi connectivity index (χ3v) is 3.91. The van der Waals surface area contributed by atoms with Crippen LogP contribution in [0, 0.1) is 0 Å². The quantitative estimate of drug-likeness (QED) is 0.902. The van der Waals surface area contributed by atoms with Crippen molar-refractivity contribution in [3.8, 4) is 0 Å². The van der Waals surface area contributed by atoms with Crippen LogP contribution >= 0.6 is 11.6 Å². The van der Waals surface area contributed by atoms with Crippen LogP contribution in [0.4, 0.5) is 0 Å². The largest absolute Gasteiger partial charge is 0.481 e. The van der Waals surface area contributed by atoms with Crippen molar-refractivity contribution in [2.45, 2.75) is 18.4 Å². The predicted octanol–water partition coefficient (Wildman–Crippen LogP) is 2.45. The lowest BCUT2D eigenvalue weighted by Gasteiger charge is -2.26. The van der Waals surface area contributed by atoms with E-state index in [1.165, 1.54) is 0 Å². The standard InChI is InChI=1S/C15H14ClNO5/c16-10-1-2-11-9(5-10)6-12(22-11)14(20)17-15(7-13(18)19)3-4-21-8-15/h1-2,5-6H,3-4,7-8H2,(H,17,20)(H,18,19). The minimum Gasteiger partial charge on any atom is -0.481 e. The molecule has 1 saturated heterocycles. The molecule has 0 radical (unpaired) electrons. The summed E-state index contributed by atoms with van der Waals surface area (Å²) in [4.78, 5) is 23.4. The molecule has 0 bridgehead atoms. The van der Waals surface area contributed by atoms with E-state index < -0.39 is 17.4 Å². The second kappa shape index (κ2) is 5.62. The Hall–Kier alpha value is -2.05. The van der Waals surface area contributed by atoms with E-state index in [4.69, 9.17) is 25.9 Å². The zero-order valence-corrected chi connectivity index (χ0v) is 12.4. The van der Waals surface area contributed by atoms with Gasteiger partial charge in [0.1, 0.15) is 5.58 Å². The highest BCUT2D eigenvalue weighted by Crippen LogP contribution is 2.26. The van der Waals surface area contributed by atoms with Crippen LogP contribution in [0.2, 0.25) is 5.02 Å². The number of ether oxygens (including phenoxy) is 1. The van der Waals surface area contributed by atoms with Gasteiger partial charge < -0.3 is 19.6 Å². The van der Waals surface area contributed by atoms with Crippen molar-refractivity contribution in [3.63, 3.8) is 0 Å². The van der Waals surface area contributed by atoms with Crippen LogP contribution in [-0.4, -0.2) is 35.7 Å². The van der Waals surface area contributed by atoms with Gasteiger partial charge in [0.05, 0.1) is 18.6 Å². The number of hydrogen-bond donors (Lipinski definition) is 2. The first-order valence-corrected chi connectivity index (χ1v) is 7.16. The van der Waals surface area contributed by atoms with Crippen molar-refractivity contribution < 1.29 is 23.8 Å². The highest BCUT2D eigenvalue weighted by molar-refractivity contribution is 6.31. The van der Waals surface area contributed by atoms with E-state index in [-0.39, 0.29) is 18.8 Å². The molecule has 1 unspecified atom stereocenters. The molecule has 1 aliphatic heterocycles.